The first kappa shape index (κ1) is 18.1. The molecule has 3 heteroatoms. The molecule has 0 spiro atoms. The predicted molar refractivity (Wildman–Crippen MR) is 97.0 cm³/mol. The summed E-state index contributed by atoms with van der Waals surface area (Å²) >= 11 is 0. The van der Waals surface area contributed by atoms with Gasteiger partial charge in [-0.15, -0.1) is 0 Å². The molecule has 24 heavy (non-hydrogen) atoms. The van der Waals surface area contributed by atoms with E-state index < -0.39 is 0 Å². The third-order valence-corrected chi connectivity index (χ3v) is 4.19. The molecule has 0 aliphatic rings. The quantitative estimate of drug-likeness (QED) is 0.608. The molecule has 0 aliphatic heterocycles. The highest BCUT2D eigenvalue weighted by molar-refractivity contribution is 6.11. The van der Waals surface area contributed by atoms with Crippen LogP contribution in [0.25, 0.3) is 0 Å². The minimum Gasteiger partial charge on any atom is -0.504 e. The summed E-state index contributed by atoms with van der Waals surface area (Å²) in [6.07, 6.45) is 0. The third kappa shape index (κ3) is 3.61. The smallest absolute Gasteiger partial charge is 0.196 e. The number of para-hydroxylation sites is 1. The maximum Gasteiger partial charge on any atom is 0.196 e. The van der Waals surface area contributed by atoms with E-state index in [4.69, 9.17) is 0 Å². The van der Waals surface area contributed by atoms with Gasteiger partial charge in [0.15, 0.2) is 17.3 Å². The third-order valence-electron chi connectivity index (χ3n) is 4.19. The van der Waals surface area contributed by atoms with Crippen LogP contribution >= 0.6 is 0 Å². The van der Waals surface area contributed by atoms with Crippen LogP contribution in [-0.4, -0.2) is 16.0 Å². The number of hydrogen-bond acceptors (Lipinski definition) is 3. The van der Waals surface area contributed by atoms with Gasteiger partial charge in [-0.25, -0.2) is 0 Å². The lowest BCUT2D eigenvalue weighted by molar-refractivity contribution is 0.103. The highest BCUT2D eigenvalue weighted by Gasteiger charge is 2.24. The summed E-state index contributed by atoms with van der Waals surface area (Å²) in [7, 11) is 0. The molecule has 2 N–H and O–H groups in total. The lowest BCUT2D eigenvalue weighted by atomic mass is 9.79. The standard InChI is InChI=1S/C21H26O3/c1-20(2,3)14-10-13(11-15(12-14)21(4,5)6)18(23)16-8-7-9-17(22)19(16)24/h7-12,22,24H,1-6H3. The van der Waals surface area contributed by atoms with Crippen LogP contribution in [-0.2, 0) is 10.8 Å². The van der Waals surface area contributed by atoms with Gasteiger partial charge in [-0.1, -0.05) is 53.7 Å². The zero-order valence-electron chi connectivity index (χ0n) is 15.3. The molecule has 2 aromatic rings. The molecule has 0 heterocycles. The summed E-state index contributed by atoms with van der Waals surface area (Å²) in [5, 5.41) is 19.7. The highest BCUT2D eigenvalue weighted by Crippen LogP contribution is 2.34. The lowest BCUT2D eigenvalue weighted by Gasteiger charge is -2.26. The first-order chi connectivity index (χ1) is 10.9. The predicted octanol–water partition coefficient (Wildman–Crippen LogP) is 4.92. The molecule has 0 fully saturated rings. The zero-order valence-corrected chi connectivity index (χ0v) is 15.3. The summed E-state index contributed by atoms with van der Waals surface area (Å²) in [6.45, 7) is 12.6. The van der Waals surface area contributed by atoms with Gasteiger partial charge in [-0.05, 0) is 46.2 Å². The Labute approximate surface area is 144 Å². The fraction of sp³-hybridized carbons (Fsp3) is 0.381. The summed E-state index contributed by atoms with van der Waals surface area (Å²) in [5.74, 6) is -0.954. The van der Waals surface area contributed by atoms with Gasteiger partial charge < -0.3 is 10.2 Å². The number of ketones is 1. The number of benzene rings is 2. The molecule has 0 unspecified atom stereocenters. The number of hydrogen-bond donors (Lipinski definition) is 2. The van der Waals surface area contributed by atoms with E-state index in [1.54, 1.807) is 6.07 Å². The fourth-order valence-electron chi connectivity index (χ4n) is 2.49. The van der Waals surface area contributed by atoms with Crippen molar-refractivity contribution in [3.8, 4) is 11.5 Å². The Morgan fingerprint density at radius 3 is 1.79 bits per heavy atom. The molecular weight excluding hydrogens is 300 g/mol. The minimum atomic E-state index is -0.374. The number of carbonyl (C=O) groups excluding carboxylic acids is 1. The van der Waals surface area contributed by atoms with Crippen molar-refractivity contribution >= 4 is 5.78 Å². The Hall–Kier alpha value is -2.29. The topological polar surface area (TPSA) is 57.5 Å². The van der Waals surface area contributed by atoms with Gasteiger partial charge in [-0.2, -0.15) is 0 Å². The molecule has 0 aliphatic carbocycles. The van der Waals surface area contributed by atoms with Crippen LogP contribution in [0, 0.1) is 0 Å². The molecule has 0 bridgehead atoms. The number of phenolic OH excluding ortho intramolecular Hbond substituents is 2. The van der Waals surface area contributed by atoms with Crippen LogP contribution in [0.5, 0.6) is 11.5 Å². The molecule has 0 radical (unpaired) electrons. The van der Waals surface area contributed by atoms with Gasteiger partial charge in [-0.3, -0.25) is 4.79 Å². The Kier molecular flexibility index (Phi) is 4.49. The van der Waals surface area contributed by atoms with E-state index in [1.165, 1.54) is 12.1 Å². The summed E-state index contributed by atoms with van der Waals surface area (Å²) < 4.78 is 0. The van der Waals surface area contributed by atoms with Crippen molar-refractivity contribution in [3.63, 3.8) is 0 Å². The maximum absolute atomic E-state index is 12.9. The Balaban J connectivity index is 2.65. The summed E-state index contributed by atoms with van der Waals surface area (Å²) in [4.78, 5) is 12.9. The normalized spacial score (nSPS) is 12.2. The van der Waals surface area contributed by atoms with Gasteiger partial charge >= 0.3 is 0 Å². The molecule has 3 nitrogen and oxygen atoms in total. The molecular formula is C21H26O3. The SMILES string of the molecule is CC(C)(C)c1cc(C(=O)c2cccc(O)c2O)cc(C(C)(C)C)c1. The zero-order chi connectivity index (χ0) is 18.3. The van der Waals surface area contributed by atoms with Crippen molar-refractivity contribution in [3.05, 3.63) is 58.7 Å². The second-order valence-electron chi connectivity index (χ2n) is 8.30. The van der Waals surface area contributed by atoms with Crippen molar-refractivity contribution < 1.29 is 15.0 Å². The molecule has 0 amide bonds. The monoisotopic (exact) mass is 326 g/mol. The Morgan fingerprint density at radius 1 is 0.833 bits per heavy atom. The molecule has 0 saturated heterocycles. The van der Waals surface area contributed by atoms with Gasteiger partial charge in [0.1, 0.15) is 0 Å². The molecule has 2 rings (SSSR count). The molecule has 0 saturated carbocycles. The van der Waals surface area contributed by atoms with Crippen molar-refractivity contribution in [2.45, 2.75) is 52.4 Å². The minimum absolute atomic E-state index is 0.100. The molecule has 0 atom stereocenters. The fourth-order valence-corrected chi connectivity index (χ4v) is 2.49. The van der Waals surface area contributed by atoms with E-state index in [2.05, 4.69) is 47.6 Å². The van der Waals surface area contributed by atoms with Crippen molar-refractivity contribution in [1.29, 1.82) is 0 Å². The first-order valence-electron chi connectivity index (χ1n) is 8.13. The Bertz CT molecular complexity index is 742. The van der Waals surface area contributed by atoms with E-state index in [0.717, 1.165) is 11.1 Å². The summed E-state index contributed by atoms with van der Waals surface area (Å²) in [6, 6.07) is 10.3. The first-order valence-corrected chi connectivity index (χ1v) is 8.13. The van der Waals surface area contributed by atoms with Gasteiger partial charge in [0.25, 0.3) is 0 Å². The van der Waals surface area contributed by atoms with Gasteiger partial charge in [0, 0.05) is 5.56 Å². The molecule has 0 aromatic heterocycles. The van der Waals surface area contributed by atoms with Crippen LogP contribution in [0.2, 0.25) is 0 Å². The van der Waals surface area contributed by atoms with Gasteiger partial charge in [0.2, 0.25) is 0 Å². The van der Waals surface area contributed by atoms with E-state index in [-0.39, 0.29) is 33.7 Å². The van der Waals surface area contributed by atoms with E-state index in [0.29, 0.717) is 5.56 Å². The average Bonchev–Trinajstić information content (AvgIpc) is 2.47. The second-order valence-corrected chi connectivity index (χ2v) is 8.30. The Morgan fingerprint density at radius 2 is 1.33 bits per heavy atom. The number of aromatic hydroxyl groups is 2. The van der Waals surface area contributed by atoms with Crippen molar-refractivity contribution in [2.24, 2.45) is 0 Å². The van der Waals surface area contributed by atoms with Crippen LogP contribution in [0.1, 0.15) is 68.6 Å². The second kappa shape index (κ2) is 5.97. The number of phenols is 2. The largest absolute Gasteiger partial charge is 0.504 e. The van der Waals surface area contributed by atoms with E-state index >= 15 is 0 Å². The number of rotatable bonds is 2. The lowest BCUT2D eigenvalue weighted by Crippen LogP contribution is -2.18. The van der Waals surface area contributed by atoms with Crippen molar-refractivity contribution in [1.82, 2.24) is 0 Å². The maximum atomic E-state index is 12.9. The molecule has 128 valence electrons. The number of carbonyl (C=O) groups is 1. The average molecular weight is 326 g/mol. The van der Waals surface area contributed by atoms with Gasteiger partial charge in [0.05, 0.1) is 5.56 Å². The van der Waals surface area contributed by atoms with E-state index in [9.17, 15) is 15.0 Å². The van der Waals surface area contributed by atoms with E-state index in [1.807, 2.05) is 12.1 Å². The molecule has 2 aromatic carbocycles. The van der Waals surface area contributed by atoms with Crippen LogP contribution in [0.15, 0.2) is 36.4 Å². The highest BCUT2D eigenvalue weighted by atomic mass is 16.3. The van der Waals surface area contributed by atoms with Crippen molar-refractivity contribution in [2.75, 3.05) is 0 Å². The summed E-state index contributed by atoms with van der Waals surface area (Å²) in [5.41, 5.74) is 2.57. The van der Waals surface area contributed by atoms with Crippen LogP contribution < -0.4 is 0 Å². The van der Waals surface area contributed by atoms with Crippen LogP contribution in [0.4, 0.5) is 0 Å². The van der Waals surface area contributed by atoms with Crippen LogP contribution in [0.3, 0.4) is 0 Å².